The van der Waals surface area contributed by atoms with Gasteiger partial charge >= 0.3 is 0 Å². The molecule has 1 aliphatic heterocycles. The standard InChI is InChI=1S/C13H19NO3/c1-16-12-8-10(2-3-11(12)15)13(14)9-4-6-17-7-5-9/h2-3,8-9,13,15H,4-7,14H2,1H3/t13-/m0/s1. The van der Waals surface area contributed by atoms with Gasteiger partial charge in [0, 0.05) is 19.3 Å². The maximum Gasteiger partial charge on any atom is 0.160 e. The number of phenols is 1. The Hall–Kier alpha value is -1.26. The zero-order chi connectivity index (χ0) is 12.3. The fourth-order valence-electron chi connectivity index (χ4n) is 2.25. The van der Waals surface area contributed by atoms with Gasteiger partial charge in [-0.05, 0) is 36.5 Å². The van der Waals surface area contributed by atoms with Gasteiger partial charge in [0.15, 0.2) is 11.5 Å². The predicted molar refractivity (Wildman–Crippen MR) is 65.1 cm³/mol. The summed E-state index contributed by atoms with van der Waals surface area (Å²) in [5, 5.41) is 9.54. The van der Waals surface area contributed by atoms with Crippen molar-refractivity contribution in [3.05, 3.63) is 23.8 Å². The van der Waals surface area contributed by atoms with Gasteiger partial charge < -0.3 is 20.3 Å². The Morgan fingerprint density at radius 3 is 2.76 bits per heavy atom. The Morgan fingerprint density at radius 2 is 2.12 bits per heavy atom. The Bertz CT molecular complexity index is 375. The van der Waals surface area contributed by atoms with E-state index in [4.69, 9.17) is 15.2 Å². The summed E-state index contributed by atoms with van der Waals surface area (Å²) >= 11 is 0. The van der Waals surface area contributed by atoms with Crippen LogP contribution in [0.2, 0.25) is 0 Å². The second-order valence-corrected chi connectivity index (χ2v) is 4.41. The molecule has 1 atom stereocenters. The first kappa shape index (κ1) is 12.2. The van der Waals surface area contributed by atoms with Crippen LogP contribution >= 0.6 is 0 Å². The molecule has 17 heavy (non-hydrogen) atoms. The second kappa shape index (κ2) is 5.38. The van der Waals surface area contributed by atoms with Crippen molar-refractivity contribution in [1.29, 1.82) is 0 Å². The van der Waals surface area contributed by atoms with E-state index in [0.717, 1.165) is 31.6 Å². The van der Waals surface area contributed by atoms with Crippen LogP contribution in [0.15, 0.2) is 18.2 Å². The maximum atomic E-state index is 9.54. The monoisotopic (exact) mass is 237 g/mol. The molecule has 1 aliphatic rings. The minimum Gasteiger partial charge on any atom is -0.504 e. The summed E-state index contributed by atoms with van der Waals surface area (Å²) in [6, 6.07) is 5.29. The van der Waals surface area contributed by atoms with Crippen LogP contribution in [0.3, 0.4) is 0 Å². The second-order valence-electron chi connectivity index (χ2n) is 4.41. The molecule has 1 aromatic rings. The summed E-state index contributed by atoms with van der Waals surface area (Å²) in [6.45, 7) is 1.57. The first-order valence-electron chi connectivity index (χ1n) is 5.92. The summed E-state index contributed by atoms with van der Waals surface area (Å²) in [6.07, 6.45) is 1.98. The Balaban J connectivity index is 2.15. The van der Waals surface area contributed by atoms with Crippen molar-refractivity contribution in [2.24, 2.45) is 11.7 Å². The third-order valence-electron chi connectivity index (χ3n) is 3.36. The number of phenolic OH excluding ortho intramolecular Hbond substituents is 1. The Labute approximate surface area is 101 Å². The minimum atomic E-state index is -0.0200. The Kier molecular flexibility index (Phi) is 3.86. The van der Waals surface area contributed by atoms with E-state index >= 15 is 0 Å². The van der Waals surface area contributed by atoms with Crippen LogP contribution in [0.4, 0.5) is 0 Å². The van der Waals surface area contributed by atoms with Gasteiger partial charge in [-0.1, -0.05) is 6.07 Å². The molecule has 2 rings (SSSR count). The van der Waals surface area contributed by atoms with Crippen molar-refractivity contribution in [3.8, 4) is 11.5 Å². The van der Waals surface area contributed by atoms with Gasteiger partial charge in [0.1, 0.15) is 0 Å². The molecule has 0 bridgehead atoms. The number of aromatic hydroxyl groups is 1. The zero-order valence-electron chi connectivity index (χ0n) is 10.1. The van der Waals surface area contributed by atoms with E-state index in [2.05, 4.69) is 0 Å². The quantitative estimate of drug-likeness (QED) is 0.841. The molecule has 1 saturated heterocycles. The molecule has 4 nitrogen and oxygen atoms in total. The highest BCUT2D eigenvalue weighted by Gasteiger charge is 2.22. The van der Waals surface area contributed by atoms with E-state index in [-0.39, 0.29) is 11.8 Å². The lowest BCUT2D eigenvalue weighted by Crippen LogP contribution is -2.27. The van der Waals surface area contributed by atoms with E-state index in [1.807, 2.05) is 12.1 Å². The molecule has 0 aliphatic carbocycles. The molecule has 0 unspecified atom stereocenters. The van der Waals surface area contributed by atoms with Crippen LogP contribution in [0, 0.1) is 5.92 Å². The summed E-state index contributed by atoms with van der Waals surface area (Å²) < 4.78 is 10.4. The van der Waals surface area contributed by atoms with Gasteiger partial charge in [0.2, 0.25) is 0 Å². The number of benzene rings is 1. The van der Waals surface area contributed by atoms with Crippen molar-refractivity contribution in [3.63, 3.8) is 0 Å². The summed E-state index contributed by atoms with van der Waals surface area (Å²) in [5.41, 5.74) is 7.26. The van der Waals surface area contributed by atoms with Crippen LogP contribution in [0.5, 0.6) is 11.5 Å². The molecule has 0 radical (unpaired) electrons. The molecular formula is C13H19NO3. The normalized spacial score (nSPS) is 18.9. The average Bonchev–Trinajstić information content (AvgIpc) is 2.39. The number of hydrogen-bond acceptors (Lipinski definition) is 4. The zero-order valence-corrected chi connectivity index (χ0v) is 10.1. The highest BCUT2D eigenvalue weighted by molar-refractivity contribution is 5.42. The van der Waals surface area contributed by atoms with E-state index in [9.17, 15) is 5.11 Å². The number of hydrogen-bond donors (Lipinski definition) is 2. The van der Waals surface area contributed by atoms with Crippen LogP contribution < -0.4 is 10.5 Å². The van der Waals surface area contributed by atoms with Crippen LogP contribution in [-0.4, -0.2) is 25.4 Å². The highest BCUT2D eigenvalue weighted by Crippen LogP contribution is 2.33. The summed E-state index contributed by atoms with van der Waals surface area (Å²) in [7, 11) is 1.54. The smallest absolute Gasteiger partial charge is 0.160 e. The number of nitrogens with two attached hydrogens (primary N) is 1. The van der Waals surface area contributed by atoms with Gasteiger partial charge in [-0.25, -0.2) is 0 Å². The van der Waals surface area contributed by atoms with Crippen molar-refractivity contribution < 1.29 is 14.6 Å². The molecule has 3 N–H and O–H groups in total. The lowest BCUT2D eigenvalue weighted by Gasteiger charge is -2.28. The van der Waals surface area contributed by atoms with Gasteiger partial charge in [-0.2, -0.15) is 0 Å². The van der Waals surface area contributed by atoms with E-state index in [0.29, 0.717) is 11.7 Å². The first-order chi connectivity index (χ1) is 8.22. The fraction of sp³-hybridized carbons (Fsp3) is 0.538. The third-order valence-corrected chi connectivity index (χ3v) is 3.36. The molecular weight excluding hydrogens is 218 g/mol. The Morgan fingerprint density at radius 1 is 1.41 bits per heavy atom. The first-order valence-corrected chi connectivity index (χ1v) is 5.92. The van der Waals surface area contributed by atoms with Gasteiger partial charge in [0.05, 0.1) is 7.11 Å². The fourth-order valence-corrected chi connectivity index (χ4v) is 2.25. The number of rotatable bonds is 3. The van der Waals surface area contributed by atoms with Crippen LogP contribution in [0.25, 0.3) is 0 Å². The summed E-state index contributed by atoms with van der Waals surface area (Å²) in [4.78, 5) is 0. The van der Waals surface area contributed by atoms with Gasteiger partial charge in [0.25, 0.3) is 0 Å². The predicted octanol–water partition coefficient (Wildman–Crippen LogP) is 1.83. The average molecular weight is 237 g/mol. The molecule has 4 heteroatoms. The van der Waals surface area contributed by atoms with Crippen LogP contribution in [-0.2, 0) is 4.74 Å². The highest BCUT2D eigenvalue weighted by atomic mass is 16.5. The van der Waals surface area contributed by atoms with Gasteiger partial charge in [-0.15, -0.1) is 0 Å². The van der Waals surface area contributed by atoms with E-state index < -0.39 is 0 Å². The van der Waals surface area contributed by atoms with Crippen molar-refractivity contribution in [2.75, 3.05) is 20.3 Å². The number of ether oxygens (including phenoxy) is 2. The minimum absolute atomic E-state index is 0.0200. The van der Waals surface area contributed by atoms with Crippen LogP contribution in [0.1, 0.15) is 24.4 Å². The van der Waals surface area contributed by atoms with Crippen molar-refractivity contribution >= 4 is 0 Å². The molecule has 94 valence electrons. The lowest BCUT2D eigenvalue weighted by atomic mass is 9.88. The molecule has 0 aromatic heterocycles. The molecule has 0 saturated carbocycles. The third kappa shape index (κ3) is 2.70. The van der Waals surface area contributed by atoms with Crippen molar-refractivity contribution in [2.45, 2.75) is 18.9 Å². The molecule has 1 heterocycles. The largest absolute Gasteiger partial charge is 0.504 e. The summed E-state index contributed by atoms with van der Waals surface area (Å²) in [5.74, 6) is 1.07. The molecule has 1 fully saturated rings. The lowest BCUT2D eigenvalue weighted by molar-refractivity contribution is 0.0583. The SMILES string of the molecule is COc1cc([C@@H](N)C2CCOCC2)ccc1O. The van der Waals surface area contributed by atoms with E-state index in [1.54, 1.807) is 13.2 Å². The number of methoxy groups -OCH3 is 1. The molecule has 1 aromatic carbocycles. The molecule has 0 spiro atoms. The molecule has 0 amide bonds. The maximum absolute atomic E-state index is 9.54. The van der Waals surface area contributed by atoms with E-state index in [1.165, 1.54) is 0 Å². The van der Waals surface area contributed by atoms with Gasteiger partial charge in [-0.3, -0.25) is 0 Å². The topological polar surface area (TPSA) is 64.7 Å². The van der Waals surface area contributed by atoms with Crippen molar-refractivity contribution in [1.82, 2.24) is 0 Å².